The maximum Gasteiger partial charge on any atom is -0.00433 e. The number of nitrogens with two attached hydrogens (primary N) is 1. The number of hydrogen-bond donors (Lipinski definition) is 1. The van der Waals surface area contributed by atoms with Crippen LogP contribution in [0.2, 0.25) is 0 Å². The molecule has 0 bridgehead atoms. The highest BCUT2D eigenvalue weighted by molar-refractivity contribution is 5.01. The third kappa shape index (κ3) is 1.76. The standard InChI is InChI=1S/C10H21N/c1-3-5-10(6-4-2)7-9(10)8-11/h9H,3-8,11H2,1-2H3. The fourth-order valence-corrected chi connectivity index (χ4v) is 2.50. The van der Waals surface area contributed by atoms with Crippen molar-refractivity contribution in [1.29, 1.82) is 0 Å². The highest BCUT2D eigenvalue weighted by atomic mass is 14.7. The molecule has 1 unspecified atom stereocenters. The van der Waals surface area contributed by atoms with Crippen molar-refractivity contribution in [2.75, 3.05) is 6.54 Å². The van der Waals surface area contributed by atoms with Crippen LogP contribution in [0.3, 0.4) is 0 Å². The van der Waals surface area contributed by atoms with E-state index >= 15 is 0 Å². The first-order valence-corrected chi connectivity index (χ1v) is 4.99. The van der Waals surface area contributed by atoms with Crippen molar-refractivity contribution in [3.63, 3.8) is 0 Å². The molecule has 0 heterocycles. The Morgan fingerprint density at radius 2 is 1.82 bits per heavy atom. The maximum atomic E-state index is 5.67. The maximum absolute atomic E-state index is 5.67. The van der Waals surface area contributed by atoms with Crippen LogP contribution in [0, 0.1) is 11.3 Å². The van der Waals surface area contributed by atoms with E-state index in [1.807, 2.05) is 0 Å². The molecule has 0 aromatic carbocycles. The van der Waals surface area contributed by atoms with Crippen molar-refractivity contribution >= 4 is 0 Å². The lowest BCUT2D eigenvalue weighted by molar-refractivity contribution is 0.379. The van der Waals surface area contributed by atoms with E-state index in [2.05, 4.69) is 13.8 Å². The SMILES string of the molecule is CCCC1(CCC)CC1CN. The van der Waals surface area contributed by atoms with Gasteiger partial charge < -0.3 is 5.73 Å². The molecular weight excluding hydrogens is 134 g/mol. The molecule has 0 spiro atoms. The number of rotatable bonds is 5. The largest absolute Gasteiger partial charge is 0.330 e. The predicted octanol–water partition coefficient (Wildman–Crippen LogP) is 2.55. The van der Waals surface area contributed by atoms with Crippen molar-refractivity contribution in [2.45, 2.75) is 46.0 Å². The second kappa shape index (κ2) is 3.57. The molecule has 0 saturated heterocycles. The van der Waals surface area contributed by atoms with Gasteiger partial charge in [-0.3, -0.25) is 0 Å². The van der Waals surface area contributed by atoms with Crippen LogP contribution in [-0.4, -0.2) is 6.54 Å². The van der Waals surface area contributed by atoms with Crippen molar-refractivity contribution in [3.05, 3.63) is 0 Å². The average molecular weight is 155 g/mol. The van der Waals surface area contributed by atoms with Crippen LogP contribution < -0.4 is 5.73 Å². The molecule has 1 atom stereocenters. The summed E-state index contributed by atoms with van der Waals surface area (Å²) >= 11 is 0. The van der Waals surface area contributed by atoms with Crippen LogP contribution in [0.5, 0.6) is 0 Å². The third-order valence-corrected chi connectivity index (χ3v) is 3.14. The van der Waals surface area contributed by atoms with Gasteiger partial charge in [0.15, 0.2) is 0 Å². The Hall–Kier alpha value is -0.0400. The van der Waals surface area contributed by atoms with Crippen LogP contribution in [0.25, 0.3) is 0 Å². The van der Waals surface area contributed by atoms with Crippen molar-refractivity contribution in [2.24, 2.45) is 17.1 Å². The van der Waals surface area contributed by atoms with Gasteiger partial charge in [0.1, 0.15) is 0 Å². The van der Waals surface area contributed by atoms with E-state index in [9.17, 15) is 0 Å². The predicted molar refractivity (Wildman–Crippen MR) is 49.4 cm³/mol. The van der Waals surface area contributed by atoms with Crippen LogP contribution in [-0.2, 0) is 0 Å². The number of hydrogen-bond acceptors (Lipinski definition) is 1. The zero-order valence-corrected chi connectivity index (χ0v) is 7.90. The van der Waals surface area contributed by atoms with E-state index in [0.29, 0.717) is 5.41 Å². The Morgan fingerprint density at radius 3 is 2.09 bits per heavy atom. The summed E-state index contributed by atoms with van der Waals surface area (Å²) in [5, 5.41) is 0. The first-order chi connectivity index (χ1) is 5.29. The van der Waals surface area contributed by atoms with E-state index < -0.39 is 0 Å². The van der Waals surface area contributed by atoms with Gasteiger partial charge in [0.25, 0.3) is 0 Å². The summed E-state index contributed by atoms with van der Waals surface area (Å²) in [6, 6.07) is 0. The lowest BCUT2D eigenvalue weighted by atomic mass is 9.92. The zero-order chi connectivity index (χ0) is 8.32. The minimum atomic E-state index is 0.693. The van der Waals surface area contributed by atoms with E-state index in [1.54, 1.807) is 0 Å². The fraction of sp³-hybridized carbons (Fsp3) is 1.00. The minimum absolute atomic E-state index is 0.693. The van der Waals surface area contributed by atoms with Crippen LogP contribution in [0.15, 0.2) is 0 Å². The molecule has 0 aliphatic heterocycles. The fourth-order valence-electron chi connectivity index (χ4n) is 2.50. The molecule has 11 heavy (non-hydrogen) atoms. The molecule has 1 nitrogen and oxygen atoms in total. The molecule has 0 amide bonds. The summed E-state index contributed by atoms with van der Waals surface area (Å²) in [4.78, 5) is 0. The average Bonchev–Trinajstić information content (AvgIpc) is 2.65. The summed E-state index contributed by atoms with van der Waals surface area (Å²) in [5.41, 5.74) is 6.36. The van der Waals surface area contributed by atoms with Crippen LogP contribution in [0.1, 0.15) is 46.0 Å². The second-order valence-electron chi connectivity index (χ2n) is 4.00. The molecule has 1 aliphatic rings. The molecule has 1 saturated carbocycles. The molecule has 1 heteroatoms. The van der Waals surface area contributed by atoms with Crippen molar-refractivity contribution in [1.82, 2.24) is 0 Å². The summed E-state index contributed by atoms with van der Waals surface area (Å²) in [6.07, 6.45) is 6.88. The smallest absolute Gasteiger partial charge is 0.00433 e. The lowest BCUT2D eigenvalue weighted by Gasteiger charge is -2.14. The molecule has 0 aromatic heterocycles. The third-order valence-electron chi connectivity index (χ3n) is 3.14. The topological polar surface area (TPSA) is 26.0 Å². The first-order valence-electron chi connectivity index (χ1n) is 4.99. The van der Waals surface area contributed by atoms with E-state index in [1.165, 1.54) is 32.1 Å². The van der Waals surface area contributed by atoms with Gasteiger partial charge >= 0.3 is 0 Å². The summed E-state index contributed by atoms with van der Waals surface area (Å²) in [5.74, 6) is 0.863. The van der Waals surface area contributed by atoms with Gasteiger partial charge in [-0.1, -0.05) is 26.7 Å². The van der Waals surface area contributed by atoms with Gasteiger partial charge in [-0.25, -0.2) is 0 Å². The van der Waals surface area contributed by atoms with Crippen LogP contribution >= 0.6 is 0 Å². The van der Waals surface area contributed by atoms with Gasteiger partial charge in [0.05, 0.1) is 0 Å². The highest BCUT2D eigenvalue weighted by Crippen LogP contribution is 2.58. The normalized spacial score (nSPS) is 27.0. The molecule has 1 rings (SSSR count). The van der Waals surface area contributed by atoms with Gasteiger partial charge in [-0.2, -0.15) is 0 Å². The summed E-state index contributed by atoms with van der Waals surface area (Å²) < 4.78 is 0. The molecule has 2 N–H and O–H groups in total. The Labute approximate surface area is 70.4 Å². The molecule has 1 fully saturated rings. The Morgan fingerprint density at radius 1 is 1.27 bits per heavy atom. The van der Waals surface area contributed by atoms with Gasteiger partial charge in [-0.05, 0) is 37.1 Å². The van der Waals surface area contributed by atoms with Crippen molar-refractivity contribution in [3.8, 4) is 0 Å². The van der Waals surface area contributed by atoms with Gasteiger partial charge in [0.2, 0.25) is 0 Å². The molecule has 0 radical (unpaired) electrons. The van der Waals surface area contributed by atoms with E-state index in [4.69, 9.17) is 5.73 Å². The van der Waals surface area contributed by atoms with E-state index in [0.717, 1.165) is 12.5 Å². The Balaban J connectivity index is 2.35. The lowest BCUT2D eigenvalue weighted by Crippen LogP contribution is -2.10. The molecule has 0 aromatic rings. The first kappa shape index (κ1) is 9.05. The highest BCUT2D eigenvalue weighted by Gasteiger charge is 2.50. The van der Waals surface area contributed by atoms with Gasteiger partial charge in [0, 0.05) is 0 Å². The van der Waals surface area contributed by atoms with Gasteiger partial charge in [-0.15, -0.1) is 0 Å². The zero-order valence-electron chi connectivity index (χ0n) is 7.90. The molecule has 66 valence electrons. The Kier molecular flexibility index (Phi) is 2.94. The monoisotopic (exact) mass is 155 g/mol. The Bertz CT molecular complexity index is 114. The minimum Gasteiger partial charge on any atom is -0.330 e. The van der Waals surface area contributed by atoms with E-state index in [-0.39, 0.29) is 0 Å². The molecular formula is C10H21N. The summed E-state index contributed by atoms with van der Waals surface area (Å²) in [6.45, 7) is 5.48. The summed E-state index contributed by atoms with van der Waals surface area (Å²) in [7, 11) is 0. The van der Waals surface area contributed by atoms with Crippen molar-refractivity contribution < 1.29 is 0 Å². The second-order valence-corrected chi connectivity index (χ2v) is 4.00. The van der Waals surface area contributed by atoms with Crippen LogP contribution in [0.4, 0.5) is 0 Å². The molecule has 1 aliphatic carbocycles. The quantitative estimate of drug-likeness (QED) is 0.648.